The quantitative estimate of drug-likeness (QED) is 0.889. The van der Waals surface area contributed by atoms with Gasteiger partial charge in [-0.05, 0) is 38.3 Å². The van der Waals surface area contributed by atoms with Crippen molar-refractivity contribution in [2.75, 3.05) is 20.7 Å². The van der Waals surface area contributed by atoms with Gasteiger partial charge in [0.2, 0.25) is 0 Å². The van der Waals surface area contributed by atoms with Crippen molar-refractivity contribution in [3.8, 4) is 5.75 Å². The summed E-state index contributed by atoms with van der Waals surface area (Å²) in [6, 6.07) is 0. The van der Waals surface area contributed by atoms with Crippen LogP contribution >= 0.6 is 0 Å². The molecule has 1 N–H and O–H groups in total. The van der Waals surface area contributed by atoms with E-state index in [-0.39, 0.29) is 0 Å². The molecule has 0 aromatic carbocycles. The van der Waals surface area contributed by atoms with Gasteiger partial charge in [-0.3, -0.25) is 4.68 Å². The monoisotopic (exact) mass is 265 g/mol. The minimum atomic E-state index is 0.564. The molecule has 1 aromatic heterocycles. The normalized spacial score (nSPS) is 27.5. The average Bonchev–Trinajstić information content (AvgIpc) is 2.80. The van der Waals surface area contributed by atoms with Crippen LogP contribution in [0.1, 0.15) is 44.2 Å². The Morgan fingerprint density at radius 3 is 2.89 bits per heavy atom. The Hall–Kier alpha value is -1.03. The van der Waals surface area contributed by atoms with Crippen molar-refractivity contribution >= 4 is 0 Å². The molecule has 1 saturated carbocycles. The van der Waals surface area contributed by atoms with E-state index < -0.39 is 0 Å². The molecule has 3 atom stereocenters. The van der Waals surface area contributed by atoms with Crippen LogP contribution in [0.4, 0.5) is 0 Å². The van der Waals surface area contributed by atoms with Crippen LogP contribution in [0.25, 0.3) is 0 Å². The highest BCUT2D eigenvalue weighted by atomic mass is 16.5. The lowest BCUT2D eigenvalue weighted by Gasteiger charge is -2.36. The van der Waals surface area contributed by atoms with Crippen LogP contribution in [0.2, 0.25) is 0 Å². The molecule has 1 heterocycles. The second-order valence-electron chi connectivity index (χ2n) is 5.73. The van der Waals surface area contributed by atoms with Gasteiger partial charge < -0.3 is 10.1 Å². The third-order valence-electron chi connectivity index (χ3n) is 4.67. The molecule has 1 aromatic rings. The fourth-order valence-electron chi connectivity index (χ4n) is 3.54. The van der Waals surface area contributed by atoms with E-state index in [4.69, 9.17) is 4.74 Å². The number of hydrogen-bond acceptors (Lipinski definition) is 3. The third kappa shape index (κ3) is 2.94. The summed E-state index contributed by atoms with van der Waals surface area (Å²) in [5.74, 6) is 3.05. The lowest BCUT2D eigenvalue weighted by atomic mass is 9.71. The molecular weight excluding hydrogens is 238 g/mol. The van der Waals surface area contributed by atoms with Crippen LogP contribution in [0.5, 0.6) is 5.75 Å². The third-order valence-corrected chi connectivity index (χ3v) is 4.67. The van der Waals surface area contributed by atoms with E-state index in [9.17, 15) is 0 Å². The topological polar surface area (TPSA) is 39.1 Å². The molecule has 4 nitrogen and oxygen atoms in total. The number of rotatable bonds is 5. The Labute approximate surface area is 116 Å². The molecule has 1 aliphatic rings. The van der Waals surface area contributed by atoms with E-state index in [1.54, 1.807) is 7.11 Å². The molecule has 108 valence electrons. The highest BCUT2D eigenvalue weighted by Crippen LogP contribution is 2.44. The van der Waals surface area contributed by atoms with E-state index >= 15 is 0 Å². The lowest BCUT2D eigenvalue weighted by molar-refractivity contribution is 0.218. The van der Waals surface area contributed by atoms with Crippen LogP contribution in [-0.4, -0.2) is 30.5 Å². The van der Waals surface area contributed by atoms with Crippen molar-refractivity contribution in [1.29, 1.82) is 0 Å². The lowest BCUT2D eigenvalue weighted by Crippen LogP contribution is -2.31. The van der Waals surface area contributed by atoms with Crippen LogP contribution in [0.15, 0.2) is 6.20 Å². The summed E-state index contributed by atoms with van der Waals surface area (Å²) in [6.45, 7) is 3.38. The van der Waals surface area contributed by atoms with Crippen molar-refractivity contribution in [1.82, 2.24) is 15.1 Å². The molecule has 0 aliphatic heterocycles. The second-order valence-corrected chi connectivity index (χ2v) is 5.73. The number of nitrogens with one attached hydrogen (secondary N) is 1. The Morgan fingerprint density at radius 2 is 2.26 bits per heavy atom. The van der Waals surface area contributed by atoms with Gasteiger partial charge in [-0.25, -0.2) is 0 Å². The summed E-state index contributed by atoms with van der Waals surface area (Å²) in [5, 5.41) is 7.73. The first-order valence-electron chi connectivity index (χ1n) is 7.41. The SMILES string of the molecule is CCC1CCC(CNC)C(c2c(OC)cnn2C)C1. The van der Waals surface area contributed by atoms with Crippen LogP contribution in [0, 0.1) is 11.8 Å². The number of hydrogen-bond donors (Lipinski definition) is 1. The maximum atomic E-state index is 5.51. The smallest absolute Gasteiger partial charge is 0.160 e. The summed E-state index contributed by atoms with van der Waals surface area (Å²) in [4.78, 5) is 0. The van der Waals surface area contributed by atoms with Gasteiger partial charge in [0.05, 0.1) is 19.0 Å². The number of nitrogens with zero attached hydrogens (tertiary/aromatic N) is 2. The molecule has 1 fully saturated rings. The van der Waals surface area contributed by atoms with Crippen LogP contribution < -0.4 is 10.1 Å². The zero-order valence-electron chi connectivity index (χ0n) is 12.6. The standard InChI is InChI=1S/C15H27N3O/c1-5-11-6-7-12(9-16-2)13(8-11)15-14(19-4)10-17-18(15)3/h10-13,16H,5-9H2,1-4H3. The highest BCUT2D eigenvalue weighted by molar-refractivity contribution is 5.29. The predicted octanol–water partition coefficient (Wildman–Crippen LogP) is 2.56. The van der Waals surface area contributed by atoms with E-state index in [2.05, 4.69) is 17.3 Å². The summed E-state index contributed by atoms with van der Waals surface area (Å²) in [7, 11) is 5.82. The Morgan fingerprint density at radius 1 is 1.47 bits per heavy atom. The first-order chi connectivity index (χ1) is 9.21. The fraction of sp³-hybridized carbons (Fsp3) is 0.800. The number of ether oxygens (including phenoxy) is 1. The molecule has 0 amide bonds. The van der Waals surface area contributed by atoms with Gasteiger partial charge in [0, 0.05) is 13.0 Å². The summed E-state index contributed by atoms with van der Waals surface area (Å²) in [6.07, 6.45) is 7.06. The van der Waals surface area contributed by atoms with Crippen LogP contribution in [-0.2, 0) is 7.05 Å². The molecular formula is C15H27N3O. The van der Waals surface area contributed by atoms with Crippen LogP contribution in [0.3, 0.4) is 0 Å². The van der Waals surface area contributed by atoms with Gasteiger partial charge in [0.1, 0.15) is 0 Å². The molecule has 2 rings (SSSR count). The zero-order valence-corrected chi connectivity index (χ0v) is 12.6. The largest absolute Gasteiger partial charge is 0.493 e. The highest BCUT2D eigenvalue weighted by Gasteiger charge is 2.34. The van der Waals surface area contributed by atoms with Crippen molar-refractivity contribution in [3.63, 3.8) is 0 Å². The minimum absolute atomic E-state index is 0.564. The number of methoxy groups -OCH3 is 1. The number of aromatic nitrogens is 2. The second kappa shape index (κ2) is 6.42. The molecule has 4 heteroatoms. The Bertz CT molecular complexity index is 402. The first kappa shape index (κ1) is 14.4. The molecule has 0 radical (unpaired) electrons. The van der Waals surface area contributed by atoms with E-state index in [1.165, 1.54) is 31.4 Å². The minimum Gasteiger partial charge on any atom is -0.493 e. The molecule has 19 heavy (non-hydrogen) atoms. The van der Waals surface area contributed by atoms with Gasteiger partial charge in [-0.15, -0.1) is 0 Å². The van der Waals surface area contributed by atoms with Gasteiger partial charge in [0.15, 0.2) is 5.75 Å². The Kier molecular flexibility index (Phi) is 4.86. The zero-order chi connectivity index (χ0) is 13.8. The van der Waals surface area contributed by atoms with Crippen molar-refractivity contribution in [2.45, 2.75) is 38.5 Å². The summed E-state index contributed by atoms with van der Waals surface area (Å²) in [5.41, 5.74) is 1.28. The van der Waals surface area contributed by atoms with E-state index in [0.717, 1.165) is 18.2 Å². The van der Waals surface area contributed by atoms with Gasteiger partial charge in [-0.1, -0.05) is 19.8 Å². The van der Waals surface area contributed by atoms with E-state index in [0.29, 0.717) is 11.8 Å². The maximum absolute atomic E-state index is 5.51. The predicted molar refractivity (Wildman–Crippen MR) is 77.5 cm³/mol. The van der Waals surface area contributed by atoms with Gasteiger partial charge in [-0.2, -0.15) is 5.10 Å². The van der Waals surface area contributed by atoms with Crippen molar-refractivity contribution < 1.29 is 4.74 Å². The fourth-order valence-corrected chi connectivity index (χ4v) is 3.54. The maximum Gasteiger partial charge on any atom is 0.160 e. The van der Waals surface area contributed by atoms with Crippen molar-refractivity contribution in [2.24, 2.45) is 18.9 Å². The van der Waals surface area contributed by atoms with Gasteiger partial charge >= 0.3 is 0 Å². The first-order valence-corrected chi connectivity index (χ1v) is 7.41. The molecule has 0 bridgehead atoms. The summed E-state index contributed by atoms with van der Waals surface area (Å²) >= 11 is 0. The molecule has 0 saturated heterocycles. The van der Waals surface area contributed by atoms with Crippen molar-refractivity contribution in [3.05, 3.63) is 11.9 Å². The summed E-state index contributed by atoms with van der Waals surface area (Å²) < 4.78 is 7.52. The molecule has 3 unspecified atom stereocenters. The molecule has 0 spiro atoms. The van der Waals surface area contributed by atoms with E-state index in [1.807, 2.05) is 25.0 Å². The van der Waals surface area contributed by atoms with Gasteiger partial charge in [0.25, 0.3) is 0 Å². The number of aryl methyl sites for hydroxylation is 1. The molecule has 1 aliphatic carbocycles. The average molecular weight is 265 g/mol. The Balaban J connectivity index is 2.27.